The van der Waals surface area contributed by atoms with E-state index in [4.69, 9.17) is 0 Å². The molecule has 4 aromatic rings. The number of nitrogens with one attached hydrogen (secondary N) is 1. The van der Waals surface area contributed by atoms with Crippen LogP contribution in [-0.4, -0.2) is 64.1 Å². The molecule has 5 heterocycles. The summed E-state index contributed by atoms with van der Waals surface area (Å²) >= 11 is 0. The molecule has 0 spiro atoms. The first kappa shape index (κ1) is 28.1. The molecule has 1 amide bonds. The first-order valence-electron chi connectivity index (χ1n) is 14.8. The molecule has 218 valence electrons. The van der Waals surface area contributed by atoms with Gasteiger partial charge in [-0.2, -0.15) is 0 Å². The minimum Gasteiger partial charge on any atom is -0.369 e. The van der Waals surface area contributed by atoms with Gasteiger partial charge in [0, 0.05) is 92.8 Å². The molecular weight excluding hydrogens is 526 g/mol. The van der Waals surface area contributed by atoms with Crippen molar-refractivity contribution in [2.45, 2.75) is 45.8 Å². The summed E-state index contributed by atoms with van der Waals surface area (Å²) in [4.78, 5) is 42.0. The molecule has 2 saturated heterocycles. The number of rotatable bonds is 7. The van der Waals surface area contributed by atoms with Crippen molar-refractivity contribution in [1.82, 2.24) is 24.8 Å². The molecule has 9 heteroatoms. The van der Waals surface area contributed by atoms with Crippen molar-refractivity contribution in [3.8, 4) is 0 Å². The van der Waals surface area contributed by atoms with Gasteiger partial charge in [-0.15, -0.1) is 0 Å². The number of anilines is 2. The van der Waals surface area contributed by atoms with E-state index in [1.165, 1.54) is 5.56 Å². The van der Waals surface area contributed by atoms with E-state index in [9.17, 15) is 9.59 Å². The van der Waals surface area contributed by atoms with Crippen LogP contribution in [0.25, 0.3) is 10.9 Å². The Morgan fingerprint density at radius 2 is 1.83 bits per heavy atom. The number of amides is 1. The van der Waals surface area contributed by atoms with Crippen LogP contribution in [0.5, 0.6) is 0 Å². The molecule has 2 aliphatic rings. The van der Waals surface area contributed by atoms with Crippen molar-refractivity contribution in [2.75, 3.05) is 42.5 Å². The van der Waals surface area contributed by atoms with Crippen LogP contribution in [-0.2, 0) is 24.9 Å². The summed E-state index contributed by atoms with van der Waals surface area (Å²) in [5.41, 5.74) is 6.83. The van der Waals surface area contributed by atoms with Crippen LogP contribution in [0.1, 0.15) is 35.4 Å². The average Bonchev–Trinajstić information content (AvgIpc) is 3.00. The van der Waals surface area contributed by atoms with E-state index in [-0.39, 0.29) is 17.4 Å². The minimum atomic E-state index is 0.0483. The first-order chi connectivity index (χ1) is 20.4. The number of aromatic nitrogens is 3. The molecule has 1 atom stereocenters. The molecule has 1 aromatic carbocycles. The zero-order valence-electron chi connectivity index (χ0n) is 24.7. The van der Waals surface area contributed by atoms with Gasteiger partial charge in [-0.1, -0.05) is 0 Å². The SMILES string of the molecule is Cc1ccc(N2CCCC(N(Cc3ccnc(C)c3)Cc3cn(C)c4cc(N5CCNCC5=O)ccc4c3=O)C2)cn1. The normalized spacial score (nSPS) is 17.8. The van der Waals surface area contributed by atoms with Gasteiger partial charge in [-0.25, -0.2) is 0 Å². The van der Waals surface area contributed by atoms with Crippen LogP contribution >= 0.6 is 0 Å². The fourth-order valence-electron chi connectivity index (χ4n) is 6.30. The fraction of sp³-hybridized carbons (Fsp3) is 0.394. The number of benzene rings is 1. The Hall–Kier alpha value is -4.08. The number of piperazine rings is 1. The first-order valence-corrected chi connectivity index (χ1v) is 14.8. The quantitative estimate of drug-likeness (QED) is 0.367. The number of nitrogens with zero attached hydrogens (tertiary/aromatic N) is 6. The number of aryl methyl sites for hydroxylation is 3. The Kier molecular flexibility index (Phi) is 8.04. The molecule has 1 N–H and O–H groups in total. The summed E-state index contributed by atoms with van der Waals surface area (Å²) < 4.78 is 2.03. The van der Waals surface area contributed by atoms with Gasteiger partial charge in [-0.3, -0.25) is 24.5 Å². The molecule has 2 aliphatic heterocycles. The number of carbonyl (C=O) groups is 1. The predicted octanol–water partition coefficient (Wildman–Crippen LogP) is 3.55. The van der Waals surface area contributed by atoms with Crippen LogP contribution < -0.4 is 20.5 Å². The lowest BCUT2D eigenvalue weighted by molar-refractivity contribution is -0.118. The molecule has 2 fully saturated rings. The zero-order valence-corrected chi connectivity index (χ0v) is 24.7. The van der Waals surface area contributed by atoms with Crippen LogP contribution in [0.4, 0.5) is 11.4 Å². The topological polar surface area (TPSA) is 86.6 Å². The third-order valence-corrected chi connectivity index (χ3v) is 8.54. The van der Waals surface area contributed by atoms with E-state index in [0.29, 0.717) is 25.0 Å². The number of fused-ring (bicyclic) bond motifs is 1. The summed E-state index contributed by atoms with van der Waals surface area (Å²) in [5, 5.41) is 3.80. The highest BCUT2D eigenvalue weighted by molar-refractivity contribution is 5.97. The Bertz CT molecular complexity index is 1650. The van der Waals surface area contributed by atoms with E-state index in [1.54, 1.807) is 4.90 Å². The molecule has 0 saturated carbocycles. The molecule has 3 aromatic heterocycles. The predicted molar refractivity (Wildman–Crippen MR) is 167 cm³/mol. The highest BCUT2D eigenvalue weighted by Crippen LogP contribution is 2.26. The van der Waals surface area contributed by atoms with E-state index >= 15 is 0 Å². The van der Waals surface area contributed by atoms with Gasteiger partial charge in [0.15, 0.2) is 5.43 Å². The summed E-state index contributed by atoms with van der Waals surface area (Å²) in [6, 6.07) is 14.5. The molecule has 0 radical (unpaired) electrons. The van der Waals surface area contributed by atoms with Crippen molar-refractivity contribution < 1.29 is 4.79 Å². The maximum absolute atomic E-state index is 13.9. The third-order valence-electron chi connectivity index (χ3n) is 8.54. The van der Waals surface area contributed by atoms with Crippen molar-refractivity contribution in [3.05, 3.63) is 93.8 Å². The number of pyridine rings is 3. The number of piperidine rings is 1. The van der Waals surface area contributed by atoms with Gasteiger partial charge in [0.1, 0.15) is 0 Å². The van der Waals surface area contributed by atoms with E-state index in [2.05, 4.69) is 49.4 Å². The second kappa shape index (κ2) is 12.0. The van der Waals surface area contributed by atoms with Crippen molar-refractivity contribution in [2.24, 2.45) is 7.05 Å². The van der Waals surface area contributed by atoms with Crippen molar-refractivity contribution in [1.29, 1.82) is 0 Å². The molecule has 0 aliphatic carbocycles. The van der Waals surface area contributed by atoms with E-state index < -0.39 is 0 Å². The highest BCUT2D eigenvalue weighted by Gasteiger charge is 2.27. The third kappa shape index (κ3) is 5.93. The van der Waals surface area contributed by atoms with Gasteiger partial charge in [0.25, 0.3) is 0 Å². The Labute approximate surface area is 246 Å². The average molecular weight is 566 g/mol. The lowest BCUT2D eigenvalue weighted by Crippen LogP contribution is -2.48. The van der Waals surface area contributed by atoms with Gasteiger partial charge < -0.3 is 19.7 Å². The second-order valence-corrected chi connectivity index (χ2v) is 11.6. The molecular formula is C33H39N7O2. The lowest BCUT2D eigenvalue weighted by Gasteiger charge is -2.40. The largest absolute Gasteiger partial charge is 0.369 e. The van der Waals surface area contributed by atoms with E-state index in [0.717, 1.165) is 72.9 Å². The number of carbonyl (C=O) groups excluding carboxylic acids is 1. The summed E-state index contributed by atoms with van der Waals surface area (Å²) in [5.74, 6) is 0.0483. The molecule has 1 unspecified atom stereocenters. The van der Waals surface area contributed by atoms with Gasteiger partial charge in [0.2, 0.25) is 5.91 Å². The molecule has 42 heavy (non-hydrogen) atoms. The zero-order chi connectivity index (χ0) is 29.2. The minimum absolute atomic E-state index is 0.0483. The summed E-state index contributed by atoms with van der Waals surface area (Å²) in [7, 11) is 1.98. The van der Waals surface area contributed by atoms with Gasteiger partial charge in [-0.05, 0) is 74.7 Å². The van der Waals surface area contributed by atoms with E-state index in [1.807, 2.05) is 62.3 Å². The van der Waals surface area contributed by atoms with Crippen LogP contribution in [0.15, 0.2) is 65.8 Å². The lowest BCUT2D eigenvalue weighted by atomic mass is 10.0. The second-order valence-electron chi connectivity index (χ2n) is 11.6. The van der Waals surface area contributed by atoms with Crippen molar-refractivity contribution in [3.63, 3.8) is 0 Å². The van der Waals surface area contributed by atoms with Gasteiger partial charge in [0.05, 0.1) is 23.9 Å². The monoisotopic (exact) mass is 565 g/mol. The summed E-state index contributed by atoms with van der Waals surface area (Å²) in [6.07, 6.45) is 7.95. The molecule has 0 bridgehead atoms. The maximum atomic E-state index is 13.9. The van der Waals surface area contributed by atoms with Crippen molar-refractivity contribution >= 4 is 28.2 Å². The van der Waals surface area contributed by atoms with Gasteiger partial charge >= 0.3 is 0 Å². The summed E-state index contributed by atoms with van der Waals surface area (Å²) in [6.45, 7) is 8.90. The smallest absolute Gasteiger partial charge is 0.240 e. The van der Waals surface area contributed by atoms with Crippen LogP contribution in [0.3, 0.4) is 0 Å². The fourth-order valence-corrected chi connectivity index (χ4v) is 6.30. The Morgan fingerprint density at radius 3 is 2.62 bits per heavy atom. The Morgan fingerprint density at radius 1 is 0.976 bits per heavy atom. The van der Waals surface area contributed by atoms with Crippen LogP contribution in [0, 0.1) is 13.8 Å². The molecule has 6 rings (SSSR count). The standard InChI is InChI=1S/C33H39N7O2/c1-23-6-7-28(17-36-23)38-13-4-5-29(22-38)39(19-25-10-11-35-24(2)15-25)21-26-20-37(3)31-16-27(8-9-30(31)33(26)42)40-14-12-34-18-32(40)41/h6-11,15-17,20,29,34H,4-5,12-14,18-19,21-22H2,1-3H3. The maximum Gasteiger partial charge on any atom is 0.240 e. The highest BCUT2D eigenvalue weighted by atomic mass is 16.2. The van der Waals surface area contributed by atoms with Crippen LogP contribution in [0.2, 0.25) is 0 Å². The molecule has 9 nitrogen and oxygen atoms in total. The number of hydrogen-bond donors (Lipinski definition) is 1. The Balaban J connectivity index is 1.31. The number of hydrogen-bond acceptors (Lipinski definition) is 7.